The molecule has 0 amide bonds. The van der Waals surface area contributed by atoms with Gasteiger partial charge in [-0.3, -0.25) is 0 Å². The van der Waals surface area contributed by atoms with Crippen molar-refractivity contribution in [2.24, 2.45) is 0 Å². The van der Waals surface area contributed by atoms with Crippen LogP contribution >= 0.6 is 0 Å². The van der Waals surface area contributed by atoms with Crippen LogP contribution in [0.15, 0.2) is 18.1 Å². The number of halogens is 1. The number of hydrogen-bond acceptors (Lipinski definition) is 2. The van der Waals surface area contributed by atoms with Gasteiger partial charge in [0.05, 0.1) is 16.4 Å². The largest absolute Gasteiger partial charge is 0.465 e. The molecule has 0 aliphatic rings. The molecular weight excluding hydrogens is 173 g/mol. The Kier molecular flexibility index (Phi) is 1.61. The Bertz CT molecular complexity index is 511. The molecule has 1 aromatic rings. The predicted octanol–water partition coefficient (Wildman–Crippen LogP) is 2.16. The second kappa shape index (κ2) is 3.68. The van der Waals surface area contributed by atoms with E-state index in [1.165, 1.54) is 0 Å². The number of esters is 1. The number of carbonyl (C=O) groups is 1. The maximum Gasteiger partial charge on any atom is 0.336 e. The summed E-state index contributed by atoms with van der Waals surface area (Å²) >= 11 is 0. The summed E-state index contributed by atoms with van der Waals surface area (Å²) in [6.07, 6.45) is 0. The number of carbonyl (C=O) groups excluding carboxylic acids is 1. The Morgan fingerprint density at radius 2 is 2.46 bits per heavy atom. The molecule has 0 fully saturated rings. The van der Waals surface area contributed by atoms with Crippen LogP contribution in [0.4, 0.5) is 10.1 Å². The van der Waals surface area contributed by atoms with Gasteiger partial charge in [-0.15, -0.1) is 0 Å². The fourth-order valence-corrected chi connectivity index (χ4v) is 0.662. The quantitative estimate of drug-likeness (QED) is 0.492. The summed E-state index contributed by atoms with van der Waals surface area (Å²) in [7, 11) is 1.03. The molecule has 0 unspecified atom stereocenters. The smallest absolute Gasteiger partial charge is 0.336 e. The van der Waals surface area contributed by atoms with Crippen molar-refractivity contribution < 1.29 is 18.0 Å². The molecule has 0 aliphatic heterocycles. The zero-order valence-corrected chi connectivity index (χ0v) is 6.64. The summed E-state index contributed by atoms with van der Waals surface area (Å²) in [6, 6.07) is -2.36. The van der Waals surface area contributed by atoms with Gasteiger partial charge in [0.1, 0.15) is 5.82 Å². The lowest BCUT2D eigenvalue weighted by atomic mass is 10.2. The van der Waals surface area contributed by atoms with E-state index in [1.807, 2.05) is 0 Å². The summed E-state index contributed by atoms with van der Waals surface area (Å²) in [6.45, 7) is 6.66. The standard InChI is InChI=1S/C9H6FNO2/c1-11-8-5-6(9(12)13-2)3-4-7(8)10/h3-5H,2H3/i3D,4D,5D. The van der Waals surface area contributed by atoms with E-state index in [0.29, 0.717) is 0 Å². The van der Waals surface area contributed by atoms with Gasteiger partial charge in [-0.1, -0.05) is 0 Å². The minimum atomic E-state index is -1.27. The highest BCUT2D eigenvalue weighted by molar-refractivity contribution is 5.90. The fourth-order valence-electron chi connectivity index (χ4n) is 0.662. The van der Waals surface area contributed by atoms with Gasteiger partial charge in [0.2, 0.25) is 5.69 Å². The molecule has 0 atom stereocenters. The Balaban J connectivity index is 3.70. The van der Waals surface area contributed by atoms with Crippen molar-refractivity contribution in [2.45, 2.75) is 0 Å². The molecule has 0 saturated carbocycles. The van der Waals surface area contributed by atoms with Crippen LogP contribution in [-0.4, -0.2) is 13.1 Å². The number of nitrogens with zero attached hydrogens (tertiary/aromatic N) is 1. The molecule has 0 saturated heterocycles. The van der Waals surface area contributed by atoms with Crippen LogP contribution in [-0.2, 0) is 4.74 Å². The van der Waals surface area contributed by atoms with Crippen LogP contribution in [0.25, 0.3) is 4.85 Å². The lowest BCUT2D eigenvalue weighted by Gasteiger charge is -1.99. The van der Waals surface area contributed by atoms with Crippen LogP contribution in [0.3, 0.4) is 0 Å². The maximum absolute atomic E-state index is 13.3. The van der Waals surface area contributed by atoms with E-state index in [0.717, 1.165) is 7.11 Å². The number of rotatable bonds is 1. The van der Waals surface area contributed by atoms with Crippen LogP contribution in [0.5, 0.6) is 0 Å². The second-order valence-electron chi connectivity index (χ2n) is 2.02. The minimum Gasteiger partial charge on any atom is -0.465 e. The summed E-state index contributed by atoms with van der Waals surface area (Å²) < 4.78 is 39.5. The highest BCUT2D eigenvalue weighted by Crippen LogP contribution is 2.19. The zero-order chi connectivity index (χ0) is 12.5. The summed E-state index contributed by atoms with van der Waals surface area (Å²) in [5.74, 6) is -2.30. The average molecular weight is 182 g/mol. The monoisotopic (exact) mass is 182 g/mol. The van der Waals surface area contributed by atoms with Gasteiger partial charge in [-0.2, -0.15) is 0 Å². The molecule has 13 heavy (non-hydrogen) atoms. The first-order chi connectivity index (χ1) is 7.45. The lowest BCUT2D eigenvalue weighted by molar-refractivity contribution is 0.0601. The molecule has 0 spiro atoms. The molecule has 66 valence electrons. The van der Waals surface area contributed by atoms with Gasteiger partial charge in [0.25, 0.3) is 0 Å². The Morgan fingerprint density at radius 1 is 1.77 bits per heavy atom. The fraction of sp³-hybridized carbons (Fsp3) is 0.111. The van der Waals surface area contributed by atoms with Crippen LogP contribution in [0, 0.1) is 12.4 Å². The molecule has 3 nitrogen and oxygen atoms in total. The zero-order valence-electron chi connectivity index (χ0n) is 9.64. The summed E-state index contributed by atoms with van der Waals surface area (Å²) in [5, 5.41) is 0. The number of ether oxygens (including phenoxy) is 1. The van der Waals surface area contributed by atoms with Crippen molar-refractivity contribution in [3.8, 4) is 0 Å². The van der Waals surface area contributed by atoms with E-state index < -0.39 is 41.2 Å². The molecule has 1 aromatic carbocycles. The third kappa shape index (κ3) is 1.82. The Morgan fingerprint density at radius 3 is 3.00 bits per heavy atom. The summed E-state index contributed by atoms with van der Waals surface area (Å²) in [4.78, 5) is 13.9. The van der Waals surface area contributed by atoms with E-state index in [2.05, 4.69) is 9.58 Å². The van der Waals surface area contributed by atoms with Gasteiger partial charge in [-0.05, 0) is 18.1 Å². The van der Waals surface area contributed by atoms with E-state index in [-0.39, 0.29) is 0 Å². The third-order valence-corrected chi connectivity index (χ3v) is 1.25. The van der Waals surface area contributed by atoms with Crippen molar-refractivity contribution in [1.82, 2.24) is 0 Å². The molecule has 4 heteroatoms. The van der Waals surface area contributed by atoms with Gasteiger partial charge >= 0.3 is 5.97 Å². The third-order valence-electron chi connectivity index (χ3n) is 1.25. The SMILES string of the molecule is [2H]c1c([2H])c(C(=O)OC)c([2H])c([N+]#[C-])c1F. The molecule has 0 heterocycles. The number of methoxy groups -OCH3 is 1. The van der Waals surface area contributed by atoms with Crippen molar-refractivity contribution in [3.05, 3.63) is 40.9 Å². The first-order valence-electron chi connectivity index (χ1n) is 4.70. The highest BCUT2D eigenvalue weighted by atomic mass is 19.1. The van der Waals surface area contributed by atoms with Gasteiger partial charge < -0.3 is 4.74 Å². The van der Waals surface area contributed by atoms with Crippen molar-refractivity contribution in [2.75, 3.05) is 7.11 Å². The van der Waals surface area contributed by atoms with E-state index in [9.17, 15) is 9.18 Å². The average Bonchev–Trinajstić information content (AvgIpc) is 2.27. The van der Waals surface area contributed by atoms with Gasteiger partial charge in [-0.25, -0.2) is 14.0 Å². The van der Waals surface area contributed by atoms with Crippen LogP contribution in [0.2, 0.25) is 0 Å². The first kappa shape index (κ1) is 5.70. The van der Waals surface area contributed by atoms with Gasteiger partial charge in [0.15, 0.2) is 0 Å². The lowest BCUT2D eigenvalue weighted by Crippen LogP contribution is -2.00. The topological polar surface area (TPSA) is 30.7 Å². The van der Waals surface area contributed by atoms with E-state index in [1.54, 1.807) is 0 Å². The minimum absolute atomic E-state index is 0.570. The summed E-state index contributed by atoms with van der Waals surface area (Å²) in [5.41, 5.74) is -1.32. The molecular formula is C9H6FNO2. The van der Waals surface area contributed by atoms with E-state index in [4.69, 9.17) is 10.7 Å². The number of benzene rings is 1. The Hall–Kier alpha value is -1.89. The van der Waals surface area contributed by atoms with Crippen LogP contribution < -0.4 is 0 Å². The predicted molar refractivity (Wildman–Crippen MR) is 44.0 cm³/mol. The molecule has 0 aliphatic carbocycles. The number of hydrogen-bond donors (Lipinski definition) is 0. The molecule has 1 rings (SSSR count). The van der Waals surface area contributed by atoms with Crippen molar-refractivity contribution in [3.63, 3.8) is 0 Å². The molecule has 0 N–H and O–H groups in total. The highest BCUT2D eigenvalue weighted by Gasteiger charge is 2.08. The molecule has 0 radical (unpaired) electrons. The normalized spacial score (nSPS) is 12.2. The second-order valence-corrected chi connectivity index (χ2v) is 2.02. The van der Waals surface area contributed by atoms with E-state index >= 15 is 0 Å². The Labute approximate surface area is 78.8 Å². The first-order valence-corrected chi connectivity index (χ1v) is 3.20. The van der Waals surface area contributed by atoms with Gasteiger partial charge in [0, 0.05) is 6.93 Å². The molecule has 0 aromatic heterocycles. The molecule has 0 bridgehead atoms. The van der Waals surface area contributed by atoms with Crippen molar-refractivity contribution in [1.29, 1.82) is 0 Å². The maximum atomic E-state index is 13.3. The van der Waals surface area contributed by atoms with Crippen LogP contribution in [0.1, 0.15) is 14.5 Å². The van der Waals surface area contributed by atoms with Crippen molar-refractivity contribution >= 4 is 11.7 Å².